The highest BCUT2D eigenvalue weighted by molar-refractivity contribution is 6.00. The van der Waals surface area contributed by atoms with E-state index in [1.807, 2.05) is 33.0 Å². The van der Waals surface area contributed by atoms with Gasteiger partial charge >= 0.3 is 0 Å². The number of amides is 2. The number of para-hydroxylation sites is 1. The van der Waals surface area contributed by atoms with Crippen LogP contribution in [0.25, 0.3) is 0 Å². The number of hydrogen-bond donors (Lipinski definition) is 1. The van der Waals surface area contributed by atoms with E-state index < -0.39 is 5.60 Å². The van der Waals surface area contributed by atoms with E-state index in [-0.39, 0.29) is 37.0 Å². The number of nitrogens with zero attached hydrogens (tertiary/aromatic N) is 3. The van der Waals surface area contributed by atoms with Crippen molar-refractivity contribution in [2.24, 2.45) is 7.05 Å². The van der Waals surface area contributed by atoms with Crippen molar-refractivity contribution in [3.8, 4) is 5.75 Å². The largest absolute Gasteiger partial charge is 0.486 e. The van der Waals surface area contributed by atoms with Gasteiger partial charge in [-0.25, -0.2) is 0 Å². The van der Waals surface area contributed by atoms with Crippen molar-refractivity contribution in [2.45, 2.75) is 45.1 Å². The van der Waals surface area contributed by atoms with Gasteiger partial charge in [-0.05, 0) is 32.4 Å². The number of fused-ring (bicyclic) bond motifs is 1. The number of likely N-dealkylation sites (tertiary alicyclic amines) is 1. The number of carbonyl (C=O) groups excluding carboxylic acids is 3. The summed E-state index contributed by atoms with van der Waals surface area (Å²) in [5.41, 5.74) is 2.17. The average molecular weight is 410 g/mol. The second-order valence-corrected chi connectivity index (χ2v) is 8.16. The predicted octanol–water partition coefficient (Wildman–Crippen LogP) is 2.39. The number of aromatic nitrogens is 2. The highest BCUT2D eigenvalue weighted by Crippen LogP contribution is 2.39. The third kappa shape index (κ3) is 3.69. The van der Waals surface area contributed by atoms with Crippen LogP contribution in [0.2, 0.25) is 0 Å². The quantitative estimate of drug-likeness (QED) is 0.839. The van der Waals surface area contributed by atoms with Gasteiger partial charge in [-0.2, -0.15) is 5.10 Å². The van der Waals surface area contributed by atoms with Crippen LogP contribution in [0, 0.1) is 13.8 Å². The van der Waals surface area contributed by atoms with Gasteiger partial charge in [-0.1, -0.05) is 12.1 Å². The summed E-state index contributed by atoms with van der Waals surface area (Å²) in [6, 6.07) is 7.23. The first-order valence-corrected chi connectivity index (χ1v) is 10.2. The van der Waals surface area contributed by atoms with Crippen LogP contribution < -0.4 is 10.1 Å². The van der Waals surface area contributed by atoms with Gasteiger partial charge in [-0.15, -0.1) is 0 Å². The zero-order valence-electron chi connectivity index (χ0n) is 17.5. The van der Waals surface area contributed by atoms with Gasteiger partial charge < -0.3 is 15.0 Å². The summed E-state index contributed by atoms with van der Waals surface area (Å²) >= 11 is 0. The molecule has 3 heterocycles. The molecule has 4 rings (SSSR count). The molecule has 1 spiro atoms. The van der Waals surface area contributed by atoms with E-state index in [2.05, 4.69) is 10.4 Å². The number of nitrogens with one attached hydrogen (secondary N) is 1. The summed E-state index contributed by atoms with van der Waals surface area (Å²) in [6.45, 7) is 4.05. The molecule has 2 aliphatic rings. The summed E-state index contributed by atoms with van der Waals surface area (Å²) in [7, 11) is 1.82. The number of anilines is 1. The molecule has 1 aromatic heterocycles. The highest BCUT2D eigenvalue weighted by Gasteiger charge is 2.43. The lowest BCUT2D eigenvalue weighted by atomic mass is 9.84. The van der Waals surface area contributed by atoms with Crippen molar-refractivity contribution >= 4 is 23.3 Å². The Bertz CT molecular complexity index is 1030. The zero-order valence-corrected chi connectivity index (χ0v) is 17.5. The summed E-state index contributed by atoms with van der Waals surface area (Å²) < 4.78 is 7.94. The number of carbonyl (C=O) groups is 3. The molecule has 1 unspecified atom stereocenters. The van der Waals surface area contributed by atoms with E-state index in [0.717, 1.165) is 11.4 Å². The van der Waals surface area contributed by atoms with Crippen molar-refractivity contribution in [3.63, 3.8) is 0 Å². The third-order valence-electron chi connectivity index (χ3n) is 6.09. The van der Waals surface area contributed by atoms with Crippen LogP contribution in [0.4, 0.5) is 5.69 Å². The van der Waals surface area contributed by atoms with Crippen LogP contribution in [0.15, 0.2) is 24.3 Å². The number of benzene rings is 1. The molecule has 0 bridgehead atoms. The van der Waals surface area contributed by atoms with Gasteiger partial charge in [0, 0.05) is 26.4 Å². The van der Waals surface area contributed by atoms with Crippen LogP contribution in [-0.2, 0) is 16.6 Å². The van der Waals surface area contributed by atoms with Crippen molar-refractivity contribution in [1.29, 1.82) is 0 Å². The molecule has 1 saturated heterocycles. The summed E-state index contributed by atoms with van der Waals surface area (Å²) in [5, 5.41) is 7.17. The van der Waals surface area contributed by atoms with Gasteiger partial charge in [0.05, 0.1) is 35.6 Å². The van der Waals surface area contributed by atoms with E-state index in [4.69, 9.17) is 4.74 Å². The monoisotopic (exact) mass is 410 g/mol. The Kier molecular flexibility index (Phi) is 5.09. The topological polar surface area (TPSA) is 93.5 Å². The molecule has 1 atom stereocenters. The molecule has 8 nitrogen and oxygen atoms in total. The fourth-order valence-corrected chi connectivity index (χ4v) is 4.28. The lowest BCUT2D eigenvalue weighted by molar-refractivity contribution is -0.134. The van der Waals surface area contributed by atoms with Crippen LogP contribution in [-0.4, -0.2) is 51.0 Å². The molecule has 8 heteroatoms. The van der Waals surface area contributed by atoms with Crippen molar-refractivity contribution in [3.05, 3.63) is 41.2 Å². The number of aryl methyl sites for hydroxylation is 2. The Morgan fingerprint density at radius 3 is 2.73 bits per heavy atom. The summed E-state index contributed by atoms with van der Waals surface area (Å²) in [6.07, 6.45) is 1.47. The standard InChI is InChI=1S/C22H26N4O4/c1-14-21(15(2)25(3)24-14)23-19(28)13-26-11-10-22(9-8-20(26)29)12-17(27)16-6-4-5-7-18(16)30-22/h4-7H,8-13H2,1-3H3,(H,23,28). The van der Waals surface area contributed by atoms with Crippen molar-refractivity contribution < 1.29 is 19.1 Å². The first-order chi connectivity index (χ1) is 14.3. The van der Waals surface area contributed by atoms with Gasteiger partial charge in [0.25, 0.3) is 0 Å². The first-order valence-electron chi connectivity index (χ1n) is 10.2. The fourth-order valence-electron chi connectivity index (χ4n) is 4.28. The third-order valence-corrected chi connectivity index (χ3v) is 6.09. The number of rotatable bonds is 3. The van der Waals surface area contributed by atoms with Crippen LogP contribution in [0.3, 0.4) is 0 Å². The second kappa shape index (κ2) is 7.59. The molecule has 158 valence electrons. The Morgan fingerprint density at radius 1 is 1.23 bits per heavy atom. The molecular weight excluding hydrogens is 384 g/mol. The van der Waals surface area contributed by atoms with Gasteiger partial charge in [0.15, 0.2) is 5.78 Å². The van der Waals surface area contributed by atoms with E-state index in [1.54, 1.807) is 21.7 Å². The minimum Gasteiger partial charge on any atom is -0.486 e. The SMILES string of the molecule is Cc1nn(C)c(C)c1NC(=O)CN1CCC2(CCC1=O)CC(=O)c1ccccc1O2. The first kappa shape index (κ1) is 20.1. The lowest BCUT2D eigenvalue weighted by Gasteiger charge is -2.37. The molecule has 0 aliphatic carbocycles. The Morgan fingerprint density at radius 2 is 2.00 bits per heavy atom. The number of ether oxygens (including phenoxy) is 1. The van der Waals surface area contributed by atoms with Crippen LogP contribution in [0.5, 0.6) is 5.75 Å². The number of Topliss-reactive ketones (excluding diaryl/α,β-unsaturated/α-hetero) is 1. The van der Waals surface area contributed by atoms with Crippen molar-refractivity contribution in [1.82, 2.24) is 14.7 Å². The number of ketones is 1. The molecule has 2 amide bonds. The molecule has 1 aromatic carbocycles. The molecule has 0 radical (unpaired) electrons. The van der Waals surface area contributed by atoms with Crippen molar-refractivity contribution in [2.75, 3.05) is 18.4 Å². The smallest absolute Gasteiger partial charge is 0.244 e. The minimum atomic E-state index is -0.692. The van der Waals surface area contributed by atoms with Crippen LogP contribution >= 0.6 is 0 Å². The lowest BCUT2D eigenvalue weighted by Crippen LogP contribution is -2.43. The Labute approximate surface area is 175 Å². The molecule has 1 N–H and O–H groups in total. The molecule has 1 fully saturated rings. The highest BCUT2D eigenvalue weighted by atomic mass is 16.5. The molecule has 2 aliphatic heterocycles. The minimum absolute atomic E-state index is 0.0345. The van der Waals surface area contributed by atoms with E-state index in [1.165, 1.54) is 0 Å². The average Bonchev–Trinajstić information content (AvgIpc) is 2.86. The fraction of sp³-hybridized carbons (Fsp3) is 0.455. The maximum atomic E-state index is 12.7. The molecule has 30 heavy (non-hydrogen) atoms. The number of hydrogen-bond acceptors (Lipinski definition) is 5. The van der Waals surface area contributed by atoms with E-state index in [9.17, 15) is 14.4 Å². The maximum absolute atomic E-state index is 12.7. The van der Waals surface area contributed by atoms with Gasteiger partial charge in [0.1, 0.15) is 11.4 Å². The summed E-state index contributed by atoms with van der Waals surface area (Å²) in [5.74, 6) is 0.258. The molecule has 0 saturated carbocycles. The van der Waals surface area contributed by atoms with Gasteiger partial charge in [-0.3, -0.25) is 19.1 Å². The Balaban J connectivity index is 1.44. The molecular formula is C22H26N4O4. The normalized spacial score (nSPS) is 21.2. The van der Waals surface area contributed by atoms with Crippen LogP contribution in [0.1, 0.15) is 47.4 Å². The zero-order chi connectivity index (χ0) is 21.5. The Hall–Kier alpha value is -3.16. The predicted molar refractivity (Wildman–Crippen MR) is 110 cm³/mol. The van der Waals surface area contributed by atoms with E-state index in [0.29, 0.717) is 36.4 Å². The van der Waals surface area contributed by atoms with Gasteiger partial charge in [0.2, 0.25) is 11.8 Å². The second-order valence-electron chi connectivity index (χ2n) is 8.16. The molecule has 2 aromatic rings. The van der Waals surface area contributed by atoms with E-state index >= 15 is 0 Å². The summed E-state index contributed by atoms with van der Waals surface area (Å²) in [4.78, 5) is 39.5. The maximum Gasteiger partial charge on any atom is 0.244 e.